The van der Waals surface area contributed by atoms with Crippen LogP contribution in [0.1, 0.15) is 68.9 Å². The van der Waals surface area contributed by atoms with Crippen molar-refractivity contribution in [2.75, 3.05) is 5.73 Å². The number of pyridine rings is 1. The van der Waals surface area contributed by atoms with Crippen molar-refractivity contribution >= 4 is 5.69 Å². The standard InChI is InChI=1S/C18H26N2/c1-10(2)15-8-20-9-16(19)18(15)17-13-4-11-3-12(6-13)7-14(17)5-11/h8-14,17H,3-7,19H2,1-2H3. The van der Waals surface area contributed by atoms with Crippen LogP contribution in [0.4, 0.5) is 5.69 Å². The third-order valence-corrected chi connectivity index (χ3v) is 6.23. The van der Waals surface area contributed by atoms with Crippen molar-refractivity contribution in [3.05, 3.63) is 23.5 Å². The highest BCUT2D eigenvalue weighted by atomic mass is 14.7. The average molecular weight is 270 g/mol. The largest absolute Gasteiger partial charge is 0.397 e. The maximum atomic E-state index is 6.38. The summed E-state index contributed by atoms with van der Waals surface area (Å²) in [5.74, 6) is 5.10. The van der Waals surface area contributed by atoms with Gasteiger partial charge in [0.15, 0.2) is 0 Å². The Morgan fingerprint density at radius 3 is 2.15 bits per heavy atom. The lowest BCUT2D eigenvalue weighted by Gasteiger charge is -2.55. The average Bonchev–Trinajstić information content (AvgIpc) is 2.38. The minimum Gasteiger partial charge on any atom is -0.397 e. The summed E-state index contributed by atoms with van der Waals surface area (Å²) in [6.07, 6.45) is 11.3. The molecule has 4 saturated carbocycles. The van der Waals surface area contributed by atoms with Crippen molar-refractivity contribution in [3.8, 4) is 0 Å². The van der Waals surface area contributed by atoms with E-state index in [2.05, 4.69) is 25.0 Å². The second-order valence-electron chi connectivity index (χ2n) is 7.84. The zero-order valence-electron chi connectivity index (χ0n) is 12.7. The van der Waals surface area contributed by atoms with Gasteiger partial charge in [0.05, 0.1) is 11.9 Å². The first-order valence-corrected chi connectivity index (χ1v) is 8.36. The minimum atomic E-state index is 0.526. The Bertz CT molecular complexity index is 492. The maximum Gasteiger partial charge on any atom is 0.0539 e. The Morgan fingerprint density at radius 1 is 1.00 bits per heavy atom. The molecule has 0 saturated heterocycles. The van der Waals surface area contributed by atoms with Crippen LogP contribution in [0.2, 0.25) is 0 Å². The molecule has 0 radical (unpaired) electrons. The summed E-state index contributed by atoms with van der Waals surface area (Å²) in [7, 11) is 0. The predicted molar refractivity (Wildman–Crippen MR) is 82.5 cm³/mol. The highest BCUT2D eigenvalue weighted by molar-refractivity contribution is 5.52. The second-order valence-corrected chi connectivity index (χ2v) is 7.84. The monoisotopic (exact) mass is 270 g/mol. The minimum absolute atomic E-state index is 0.526. The summed E-state index contributed by atoms with van der Waals surface area (Å²) < 4.78 is 0. The number of anilines is 1. The molecule has 0 amide bonds. The van der Waals surface area contributed by atoms with Gasteiger partial charge in [0.2, 0.25) is 0 Å². The molecule has 0 aliphatic heterocycles. The van der Waals surface area contributed by atoms with Crippen LogP contribution in [0.25, 0.3) is 0 Å². The molecule has 108 valence electrons. The topological polar surface area (TPSA) is 38.9 Å². The molecule has 4 bridgehead atoms. The van der Waals surface area contributed by atoms with E-state index in [1.54, 1.807) is 0 Å². The van der Waals surface area contributed by atoms with Crippen LogP contribution >= 0.6 is 0 Å². The first-order chi connectivity index (χ1) is 9.63. The van der Waals surface area contributed by atoms with Crippen LogP contribution in [0.3, 0.4) is 0 Å². The first-order valence-electron chi connectivity index (χ1n) is 8.36. The number of hydrogen-bond donors (Lipinski definition) is 1. The SMILES string of the molecule is CC(C)c1cncc(N)c1C1C2CC3CC(C2)CC1C3. The lowest BCUT2D eigenvalue weighted by atomic mass is 9.50. The van der Waals surface area contributed by atoms with Crippen LogP contribution in [0, 0.1) is 23.7 Å². The number of nitrogens with two attached hydrogens (primary N) is 1. The smallest absolute Gasteiger partial charge is 0.0539 e. The zero-order valence-corrected chi connectivity index (χ0v) is 12.7. The Kier molecular flexibility index (Phi) is 2.84. The molecule has 0 unspecified atom stereocenters. The van der Waals surface area contributed by atoms with E-state index in [4.69, 9.17) is 5.73 Å². The molecule has 1 heterocycles. The quantitative estimate of drug-likeness (QED) is 0.869. The van der Waals surface area contributed by atoms with Crippen LogP contribution < -0.4 is 5.73 Å². The van der Waals surface area contributed by atoms with Crippen LogP contribution in [0.5, 0.6) is 0 Å². The van der Waals surface area contributed by atoms with Gasteiger partial charge in [0.1, 0.15) is 0 Å². The Balaban J connectivity index is 1.78. The number of nitrogens with zero attached hydrogens (tertiary/aromatic N) is 1. The molecule has 4 fully saturated rings. The summed E-state index contributed by atoms with van der Waals surface area (Å²) in [6.45, 7) is 4.55. The van der Waals surface area contributed by atoms with Gasteiger partial charge in [-0.3, -0.25) is 4.98 Å². The van der Waals surface area contributed by atoms with E-state index < -0.39 is 0 Å². The molecule has 0 atom stereocenters. The normalized spacial score (nSPS) is 38.6. The van der Waals surface area contributed by atoms with Gasteiger partial charge in [-0.1, -0.05) is 13.8 Å². The molecule has 1 aromatic rings. The molecule has 1 aromatic heterocycles. The molecule has 5 rings (SSSR count). The summed E-state index contributed by atoms with van der Waals surface area (Å²) in [6, 6.07) is 0. The fraction of sp³-hybridized carbons (Fsp3) is 0.722. The van der Waals surface area contributed by atoms with Gasteiger partial charge in [-0.2, -0.15) is 0 Å². The molecular formula is C18H26N2. The number of aromatic nitrogens is 1. The third-order valence-electron chi connectivity index (χ3n) is 6.23. The maximum absolute atomic E-state index is 6.38. The predicted octanol–water partition coefficient (Wildman–Crippen LogP) is 4.33. The summed E-state index contributed by atoms with van der Waals surface area (Å²) in [5.41, 5.74) is 10.2. The van der Waals surface area contributed by atoms with Crippen molar-refractivity contribution in [1.29, 1.82) is 0 Å². The number of hydrogen-bond acceptors (Lipinski definition) is 2. The summed E-state index contributed by atoms with van der Waals surface area (Å²) in [4.78, 5) is 4.35. The van der Waals surface area contributed by atoms with E-state index in [-0.39, 0.29) is 0 Å². The molecule has 2 heteroatoms. The van der Waals surface area contributed by atoms with Gasteiger partial charge < -0.3 is 5.73 Å². The van der Waals surface area contributed by atoms with Crippen molar-refractivity contribution in [1.82, 2.24) is 4.98 Å². The van der Waals surface area contributed by atoms with E-state index in [9.17, 15) is 0 Å². The zero-order chi connectivity index (χ0) is 13.9. The van der Waals surface area contributed by atoms with Gasteiger partial charge in [0, 0.05) is 6.20 Å². The molecule has 2 N–H and O–H groups in total. The van der Waals surface area contributed by atoms with E-state index in [0.29, 0.717) is 5.92 Å². The number of rotatable bonds is 2. The van der Waals surface area contributed by atoms with E-state index in [1.807, 2.05) is 6.20 Å². The van der Waals surface area contributed by atoms with Gasteiger partial charge >= 0.3 is 0 Å². The highest BCUT2D eigenvalue weighted by Crippen LogP contribution is 2.61. The van der Waals surface area contributed by atoms with Gasteiger partial charge in [-0.05, 0) is 78.7 Å². The lowest BCUT2D eigenvalue weighted by molar-refractivity contribution is -0.00290. The van der Waals surface area contributed by atoms with E-state index in [0.717, 1.165) is 35.3 Å². The van der Waals surface area contributed by atoms with Gasteiger partial charge in [-0.15, -0.1) is 0 Å². The second kappa shape index (κ2) is 4.47. The van der Waals surface area contributed by atoms with Crippen molar-refractivity contribution in [3.63, 3.8) is 0 Å². The van der Waals surface area contributed by atoms with E-state index >= 15 is 0 Å². The fourth-order valence-electron chi connectivity index (χ4n) is 5.75. The Hall–Kier alpha value is -1.05. The van der Waals surface area contributed by atoms with Gasteiger partial charge in [0.25, 0.3) is 0 Å². The van der Waals surface area contributed by atoms with Crippen LogP contribution in [0.15, 0.2) is 12.4 Å². The Labute approximate surface area is 122 Å². The van der Waals surface area contributed by atoms with Crippen molar-refractivity contribution in [2.24, 2.45) is 23.7 Å². The van der Waals surface area contributed by atoms with Crippen LogP contribution in [-0.2, 0) is 0 Å². The Morgan fingerprint density at radius 2 is 1.60 bits per heavy atom. The molecule has 4 aliphatic rings. The molecule has 2 nitrogen and oxygen atoms in total. The highest BCUT2D eigenvalue weighted by Gasteiger charge is 2.49. The molecule has 4 aliphatic carbocycles. The van der Waals surface area contributed by atoms with Crippen molar-refractivity contribution < 1.29 is 0 Å². The summed E-state index contributed by atoms with van der Waals surface area (Å²) >= 11 is 0. The van der Waals surface area contributed by atoms with Crippen molar-refractivity contribution in [2.45, 2.75) is 57.8 Å². The summed E-state index contributed by atoms with van der Waals surface area (Å²) in [5, 5.41) is 0. The molecule has 20 heavy (non-hydrogen) atoms. The molecule has 0 aromatic carbocycles. The number of nitrogen functional groups attached to an aromatic ring is 1. The van der Waals surface area contributed by atoms with Crippen LogP contribution in [-0.4, -0.2) is 4.98 Å². The molecule has 0 spiro atoms. The fourth-order valence-corrected chi connectivity index (χ4v) is 5.75. The third kappa shape index (κ3) is 1.80. The lowest BCUT2D eigenvalue weighted by Crippen LogP contribution is -2.44. The molecular weight excluding hydrogens is 244 g/mol. The van der Waals surface area contributed by atoms with E-state index in [1.165, 1.54) is 43.2 Å². The van der Waals surface area contributed by atoms with Gasteiger partial charge in [-0.25, -0.2) is 0 Å². The first kappa shape index (κ1) is 12.7.